The standard InChI is InChI=1S/C80H120N9O37P/c1-18-19-29-116-127(89(44(2)3)45(4)5)126-59-22-20-58(21-23-59)76(105)87-60(77(106)83-28-32-109-35-38-112-80-69(86-48(8)92)75(122-57(17)101)72(119-54(14)98)63(125-80)43-115-51(11)95)24-25-66(104)88(39-64(102)81-26-30-107-33-36-110-78-67(84-46(6)90)73(120-55(15)99)70(117-52(12)96)61(123-78)41-113-49(9)93)40-65(103)82-27-31-108-34-37-111-79-68(85-47(7)91)74(121-56(16)100)71(118-53(13)97)62(124-79)42-114-50(10)94/h1,20-23,44-45,60-63,67-75,78-80H,19,24-43H2,2-17H3,(H,81,102)(H,82,103)(H,83,106)(H,84,90)(H,85,91)(H,86,92)(H,87,105). The second kappa shape index (κ2) is 57.4. The van der Waals surface area contributed by atoms with Crippen molar-refractivity contribution in [3.05, 3.63) is 29.8 Å². The van der Waals surface area contributed by atoms with Gasteiger partial charge in [-0.05, 0) is 58.4 Å². The van der Waals surface area contributed by atoms with E-state index in [2.05, 4.69) is 43.1 Å². The maximum Gasteiger partial charge on any atom is 0.321 e. The molecule has 3 aliphatic rings. The predicted octanol–water partition coefficient (Wildman–Crippen LogP) is -1.43. The number of nitrogens with one attached hydrogen (secondary N) is 7. The van der Waals surface area contributed by atoms with E-state index in [0.717, 1.165) is 88.0 Å². The number of terminal acetylenes is 1. The summed E-state index contributed by atoms with van der Waals surface area (Å²) in [5.41, 5.74) is 0.0292. The van der Waals surface area contributed by atoms with Crippen LogP contribution in [-0.4, -0.2) is 339 Å². The maximum atomic E-state index is 14.6. The van der Waals surface area contributed by atoms with Crippen LogP contribution in [0, 0.1) is 12.3 Å². The number of amides is 8. The lowest BCUT2D eigenvalue weighted by atomic mass is 9.96. The second-order valence-corrected chi connectivity index (χ2v) is 30.5. The molecule has 3 heterocycles. The fourth-order valence-electron chi connectivity index (χ4n) is 12.9. The van der Waals surface area contributed by atoms with Crippen LogP contribution in [0.15, 0.2) is 24.3 Å². The van der Waals surface area contributed by atoms with Crippen molar-refractivity contribution in [3.63, 3.8) is 0 Å². The molecule has 0 spiro atoms. The van der Waals surface area contributed by atoms with Gasteiger partial charge in [0.25, 0.3) is 5.91 Å². The highest BCUT2D eigenvalue weighted by molar-refractivity contribution is 7.45. The van der Waals surface area contributed by atoms with Crippen LogP contribution in [0.5, 0.6) is 5.75 Å². The number of carbonyl (C=O) groups is 17. The molecule has 1 aromatic carbocycles. The Morgan fingerprint density at radius 3 is 1.09 bits per heavy atom. The number of hydrogen-bond donors (Lipinski definition) is 7. The average Bonchev–Trinajstić information content (AvgIpc) is 0.794. The highest BCUT2D eigenvalue weighted by Gasteiger charge is 2.55. The number of benzene rings is 1. The van der Waals surface area contributed by atoms with Gasteiger partial charge in [-0.3, -0.25) is 81.5 Å². The molecular weight excluding hydrogens is 1710 g/mol. The van der Waals surface area contributed by atoms with E-state index in [1.54, 1.807) is 0 Å². The lowest BCUT2D eigenvalue weighted by Gasteiger charge is -2.44. The van der Waals surface area contributed by atoms with E-state index >= 15 is 0 Å². The molecule has 0 aromatic heterocycles. The number of esters is 9. The zero-order valence-electron chi connectivity index (χ0n) is 74.1. The van der Waals surface area contributed by atoms with E-state index in [9.17, 15) is 81.5 Å². The monoisotopic (exact) mass is 1830 g/mol. The molecule has 712 valence electrons. The van der Waals surface area contributed by atoms with Crippen molar-refractivity contribution in [2.24, 2.45) is 0 Å². The van der Waals surface area contributed by atoms with Gasteiger partial charge in [0.2, 0.25) is 41.4 Å². The van der Waals surface area contributed by atoms with Gasteiger partial charge in [-0.15, -0.1) is 12.3 Å². The van der Waals surface area contributed by atoms with Crippen molar-refractivity contribution in [2.75, 3.05) is 119 Å². The largest absolute Gasteiger partial charge is 0.463 e. The third kappa shape index (κ3) is 41.0. The Hall–Kier alpha value is -10.4. The van der Waals surface area contributed by atoms with Crippen molar-refractivity contribution in [1.29, 1.82) is 0 Å². The summed E-state index contributed by atoms with van der Waals surface area (Å²) in [6.07, 6.45) is -11.8. The fourth-order valence-corrected chi connectivity index (χ4v) is 14.4. The summed E-state index contributed by atoms with van der Waals surface area (Å²) in [5.74, 6) is -10.4. The minimum Gasteiger partial charge on any atom is -0.463 e. The topological polar surface area (TPSA) is 565 Å². The Balaban J connectivity index is 1.60. The van der Waals surface area contributed by atoms with E-state index in [1.807, 2.05) is 32.4 Å². The van der Waals surface area contributed by atoms with Crippen LogP contribution in [-0.2, 0) is 166 Å². The van der Waals surface area contributed by atoms with Crippen molar-refractivity contribution >= 4 is 110 Å². The van der Waals surface area contributed by atoms with Gasteiger partial charge in [0, 0.05) is 133 Å². The molecule has 1 aromatic rings. The van der Waals surface area contributed by atoms with Gasteiger partial charge in [0.1, 0.15) is 81.1 Å². The van der Waals surface area contributed by atoms with E-state index in [4.69, 9.17) is 101 Å². The summed E-state index contributed by atoms with van der Waals surface area (Å²) in [6.45, 7) is 15.5. The van der Waals surface area contributed by atoms with Crippen molar-refractivity contribution in [1.82, 2.24) is 46.8 Å². The third-order valence-corrected chi connectivity index (χ3v) is 19.8. The van der Waals surface area contributed by atoms with Gasteiger partial charge >= 0.3 is 62.2 Å². The molecule has 127 heavy (non-hydrogen) atoms. The summed E-state index contributed by atoms with van der Waals surface area (Å²) < 4.78 is 116. The molecule has 3 aliphatic heterocycles. The molecular formula is C80H120N9O37P. The average molecular weight is 1830 g/mol. The molecule has 0 saturated carbocycles. The Bertz CT molecular complexity index is 3730. The smallest absolute Gasteiger partial charge is 0.321 e. The van der Waals surface area contributed by atoms with Crippen molar-refractivity contribution in [3.8, 4) is 18.1 Å². The molecule has 7 N–H and O–H groups in total. The summed E-state index contributed by atoms with van der Waals surface area (Å²) in [4.78, 5) is 219. The molecule has 3 fully saturated rings. The Morgan fingerprint density at radius 2 is 0.772 bits per heavy atom. The van der Waals surface area contributed by atoms with Gasteiger partial charge in [-0.2, -0.15) is 0 Å². The Morgan fingerprint density at radius 1 is 0.433 bits per heavy atom. The first-order valence-electron chi connectivity index (χ1n) is 40.7. The van der Waals surface area contributed by atoms with Gasteiger partial charge in [0.05, 0.1) is 66.1 Å². The third-order valence-electron chi connectivity index (χ3n) is 17.7. The van der Waals surface area contributed by atoms with Crippen LogP contribution in [0.25, 0.3) is 0 Å². The van der Waals surface area contributed by atoms with Crippen LogP contribution >= 0.6 is 8.53 Å². The van der Waals surface area contributed by atoms with Crippen molar-refractivity contribution in [2.45, 2.75) is 240 Å². The molecule has 0 radical (unpaired) electrons. The van der Waals surface area contributed by atoms with Crippen LogP contribution in [0.4, 0.5) is 0 Å². The number of nitrogens with zero attached hydrogens (tertiary/aromatic N) is 2. The predicted molar refractivity (Wildman–Crippen MR) is 434 cm³/mol. The number of carbonyl (C=O) groups excluding carboxylic acids is 17. The van der Waals surface area contributed by atoms with Gasteiger partial charge in [-0.25, -0.2) is 4.67 Å². The lowest BCUT2D eigenvalue weighted by Crippen LogP contribution is -2.66. The van der Waals surface area contributed by atoms with Crippen LogP contribution in [0.2, 0.25) is 0 Å². The minimum absolute atomic E-state index is 0.0280. The zero-order chi connectivity index (χ0) is 94.6. The molecule has 4 rings (SSSR count). The fraction of sp³-hybridized carbons (Fsp3) is 0.688. The van der Waals surface area contributed by atoms with Gasteiger partial charge in [-0.1, -0.05) is 0 Å². The SMILES string of the molecule is C#CCCOP(Oc1ccc(C(=O)NC(CCC(=O)N(CC(=O)NCCOCCOC2OC(COC(C)=O)C(OC(C)=O)C(OC(C)=O)C2NC(C)=O)CC(=O)NCCOCCOC2OC(COC(C)=O)C(OC(C)=O)C(OC(C)=O)C2NC(C)=O)C(=O)NCCOCCOC2OC(COC(C)=O)C(OC(C)=O)C(OC(C)=O)C2NC(C)=O)cc1)N(C(C)C)C(C)C. The number of ether oxygens (including phenoxy) is 18. The normalized spacial score (nSPS) is 22.3. The maximum absolute atomic E-state index is 14.6. The van der Waals surface area contributed by atoms with Crippen LogP contribution < -0.4 is 41.7 Å². The first kappa shape index (κ1) is 109. The Kier molecular flexibility index (Phi) is 49.2. The number of hydrogen-bond acceptors (Lipinski definition) is 38. The molecule has 47 heteroatoms. The first-order chi connectivity index (χ1) is 60.1. The molecule has 8 amide bonds. The summed E-state index contributed by atoms with van der Waals surface area (Å²) in [7, 11) is -1.72. The quantitative estimate of drug-likeness (QED) is 0.0129. The van der Waals surface area contributed by atoms with Crippen LogP contribution in [0.3, 0.4) is 0 Å². The molecule has 0 bridgehead atoms. The minimum atomic E-state index is -1.72. The molecule has 46 nitrogen and oxygen atoms in total. The Labute approximate surface area is 736 Å². The highest BCUT2D eigenvalue weighted by atomic mass is 31.2. The number of rotatable bonds is 54. The van der Waals surface area contributed by atoms with E-state index in [-0.39, 0.29) is 103 Å². The zero-order valence-corrected chi connectivity index (χ0v) is 75.0. The van der Waals surface area contributed by atoms with E-state index in [1.165, 1.54) is 24.3 Å². The molecule has 3 saturated heterocycles. The first-order valence-corrected chi connectivity index (χ1v) is 41.8. The van der Waals surface area contributed by atoms with E-state index in [0.29, 0.717) is 12.2 Å². The highest BCUT2D eigenvalue weighted by Crippen LogP contribution is 2.46. The lowest BCUT2D eigenvalue weighted by molar-refractivity contribution is -0.279. The van der Waals surface area contributed by atoms with Crippen LogP contribution in [0.1, 0.15) is 140 Å². The van der Waals surface area contributed by atoms with Gasteiger partial charge in [0.15, 0.2) is 55.5 Å². The second-order valence-electron chi connectivity index (χ2n) is 29.1. The van der Waals surface area contributed by atoms with Gasteiger partial charge < -0.3 is 136 Å². The van der Waals surface area contributed by atoms with E-state index < -0.39 is 253 Å². The molecule has 17 atom stereocenters. The van der Waals surface area contributed by atoms with Crippen molar-refractivity contribution < 1.29 is 176 Å². The molecule has 17 unspecified atom stereocenters. The summed E-state index contributed by atoms with van der Waals surface area (Å²) in [5, 5.41) is 18.3. The summed E-state index contributed by atoms with van der Waals surface area (Å²) in [6, 6.07) is 0.418. The molecule has 0 aliphatic carbocycles. The summed E-state index contributed by atoms with van der Waals surface area (Å²) >= 11 is 0.